The molecule has 0 spiro atoms. The standard InChI is InChI=1S/C12H18N4O.ClH/c17-12(16-6-1-4-13-5-7-16)11-8-10(14-15-11)9-2-3-9;/h8-9,13H,1-7H2,(H,14,15);1H. The highest BCUT2D eigenvalue weighted by molar-refractivity contribution is 5.92. The van der Waals surface area contributed by atoms with Crippen molar-refractivity contribution in [2.75, 3.05) is 26.2 Å². The second kappa shape index (κ2) is 5.71. The minimum atomic E-state index is 0. The molecule has 0 atom stereocenters. The summed E-state index contributed by atoms with van der Waals surface area (Å²) in [5.74, 6) is 0.687. The first-order valence-corrected chi connectivity index (χ1v) is 6.40. The van der Waals surface area contributed by atoms with Crippen molar-refractivity contribution in [1.29, 1.82) is 0 Å². The largest absolute Gasteiger partial charge is 0.336 e. The van der Waals surface area contributed by atoms with Crippen LogP contribution in [0.25, 0.3) is 0 Å². The molecule has 5 nitrogen and oxygen atoms in total. The second-order valence-corrected chi connectivity index (χ2v) is 4.88. The van der Waals surface area contributed by atoms with Gasteiger partial charge in [-0.25, -0.2) is 0 Å². The van der Waals surface area contributed by atoms with E-state index in [-0.39, 0.29) is 18.3 Å². The zero-order chi connectivity index (χ0) is 11.7. The summed E-state index contributed by atoms with van der Waals surface area (Å²) >= 11 is 0. The third kappa shape index (κ3) is 2.84. The maximum absolute atomic E-state index is 12.2. The summed E-state index contributed by atoms with van der Waals surface area (Å²) < 4.78 is 0. The lowest BCUT2D eigenvalue weighted by atomic mass is 10.2. The molecule has 0 radical (unpaired) electrons. The SMILES string of the molecule is Cl.O=C(c1cc(C2CC2)[nH]n1)N1CCCNCC1. The molecule has 1 aliphatic carbocycles. The van der Waals surface area contributed by atoms with Crippen LogP contribution < -0.4 is 5.32 Å². The molecule has 1 aromatic rings. The summed E-state index contributed by atoms with van der Waals surface area (Å²) in [7, 11) is 0. The first kappa shape index (κ1) is 13.4. The zero-order valence-corrected chi connectivity index (χ0v) is 11.1. The van der Waals surface area contributed by atoms with Gasteiger partial charge in [-0.05, 0) is 31.9 Å². The predicted molar refractivity (Wildman–Crippen MR) is 71.2 cm³/mol. The highest BCUT2D eigenvalue weighted by atomic mass is 35.5. The lowest BCUT2D eigenvalue weighted by Crippen LogP contribution is -2.34. The van der Waals surface area contributed by atoms with Gasteiger partial charge in [0.05, 0.1) is 0 Å². The molecular formula is C12H19ClN4O. The number of aromatic nitrogens is 2. The van der Waals surface area contributed by atoms with Crippen LogP contribution in [-0.2, 0) is 0 Å². The average Bonchev–Trinajstić information content (AvgIpc) is 3.13. The van der Waals surface area contributed by atoms with E-state index in [1.54, 1.807) is 0 Å². The van der Waals surface area contributed by atoms with E-state index in [9.17, 15) is 4.79 Å². The number of amides is 1. The Morgan fingerprint density at radius 1 is 1.33 bits per heavy atom. The van der Waals surface area contributed by atoms with Crippen LogP contribution in [0.3, 0.4) is 0 Å². The number of halogens is 1. The number of carbonyl (C=O) groups is 1. The molecule has 18 heavy (non-hydrogen) atoms. The number of nitrogens with zero attached hydrogens (tertiary/aromatic N) is 2. The fraction of sp³-hybridized carbons (Fsp3) is 0.667. The minimum Gasteiger partial charge on any atom is -0.336 e. The second-order valence-electron chi connectivity index (χ2n) is 4.88. The molecule has 1 aromatic heterocycles. The van der Waals surface area contributed by atoms with Gasteiger partial charge in [0, 0.05) is 31.2 Å². The zero-order valence-electron chi connectivity index (χ0n) is 10.3. The third-order valence-electron chi connectivity index (χ3n) is 3.46. The Morgan fingerprint density at radius 2 is 2.17 bits per heavy atom. The predicted octanol–water partition coefficient (Wildman–Crippen LogP) is 1.14. The Balaban J connectivity index is 0.00000120. The molecule has 0 unspecified atom stereocenters. The first-order valence-electron chi connectivity index (χ1n) is 6.40. The topological polar surface area (TPSA) is 61.0 Å². The molecule has 100 valence electrons. The maximum Gasteiger partial charge on any atom is 0.274 e. The summed E-state index contributed by atoms with van der Waals surface area (Å²) in [6.45, 7) is 3.49. The summed E-state index contributed by atoms with van der Waals surface area (Å²) in [6, 6.07) is 1.93. The van der Waals surface area contributed by atoms with E-state index < -0.39 is 0 Å². The van der Waals surface area contributed by atoms with Crippen molar-refractivity contribution in [2.24, 2.45) is 0 Å². The molecular weight excluding hydrogens is 252 g/mol. The molecule has 0 bridgehead atoms. The number of rotatable bonds is 2. The van der Waals surface area contributed by atoms with E-state index >= 15 is 0 Å². The smallest absolute Gasteiger partial charge is 0.274 e. The monoisotopic (exact) mass is 270 g/mol. The van der Waals surface area contributed by atoms with Gasteiger partial charge in [0.15, 0.2) is 0 Å². The van der Waals surface area contributed by atoms with Gasteiger partial charge in [-0.1, -0.05) is 0 Å². The van der Waals surface area contributed by atoms with Crippen molar-refractivity contribution >= 4 is 18.3 Å². The van der Waals surface area contributed by atoms with Crippen molar-refractivity contribution in [3.8, 4) is 0 Å². The van der Waals surface area contributed by atoms with Crippen LogP contribution in [0, 0.1) is 0 Å². The minimum absolute atomic E-state index is 0. The molecule has 0 aromatic carbocycles. The fourth-order valence-electron chi connectivity index (χ4n) is 2.26. The molecule has 1 aliphatic heterocycles. The van der Waals surface area contributed by atoms with Crippen LogP contribution >= 0.6 is 12.4 Å². The average molecular weight is 271 g/mol. The van der Waals surface area contributed by atoms with E-state index in [0.29, 0.717) is 11.6 Å². The Bertz CT molecular complexity index is 408. The lowest BCUT2D eigenvalue weighted by molar-refractivity contribution is 0.0760. The maximum atomic E-state index is 12.2. The van der Waals surface area contributed by atoms with Gasteiger partial charge >= 0.3 is 0 Å². The number of H-pyrrole nitrogens is 1. The lowest BCUT2D eigenvalue weighted by Gasteiger charge is -2.18. The van der Waals surface area contributed by atoms with Gasteiger partial charge in [0.2, 0.25) is 0 Å². The van der Waals surface area contributed by atoms with Crippen molar-refractivity contribution in [1.82, 2.24) is 20.4 Å². The molecule has 2 heterocycles. The van der Waals surface area contributed by atoms with E-state index in [4.69, 9.17) is 0 Å². The highest BCUT2D eigenvalue weighted by Crippen LogP contribution is 2.39. The van der Waals surface area contributed by atoms with Crippen LogP contribution in [0.4, 0.5) is 0 Å². The summed E-state index contributed by atoms with van der Waals surface area (Å²) in [5, 5.41) is 10.4. The van der Waals surface area contributed by atoms with Gasteiger partial charge < -0.3 is 10.2 Å². The summed E-state index contributed by atoms with van der Waals surface area (Å²) in [6.07, 6.45) is 3.47. The molecule has 1 saturated carbocycles. The van der Waals surface area contributed by atoms with Crippen molar-refractivity contribution in [3.63, 3.8) is 0 Å². The number of aromatic amines is 1. The fourth-order valence-corrected chi connectivity index (χ4v) is 2.26. The van der Waals surface area contributed by atoms with Crippen LogP contribution in [0.15, 0.2) is 6.07 Å². The van der Waals surface area contributed by atoms with E-state index in [1.165, 1.54) is 12.8 Å². The molecule has 6 heteroatoms. The Labute approximate surface area is 113 Å². The van der Waals surface area contributed by atoms with Crippen molar-refractivity contribution < 1.29 is 4.79 Å². The van der Waals surface area contributed by atoms with Crippen molar-refractivity contribution in [2.45, 2.75) is 25.2 Å². The van der Waals surface area contributed by atoms with Gasteiger partial charge in [0.1, 0.15) is 5.69 Å². The Hall–Kier alpha value is -1.07. The number of hydrogen-bond acceptors (Lipinski definition) is 3. The summed E-state index contributed by atoms with van der Waals surface area (Å²) in [4.78, 5) is 14.1. The van der Waals surface area contributed by atoms with Gasteiger partial charge in [-0.2, -0.15) is 5.10 Å². The van der Waals surface area contributed by atoms with Crippen LogP contribution in [-0.4, -0.2) is 47.2 Å². The normalized spacial score (nSPS) is 20.1. The molecule has 2 aliphatic rings. The van der Waals surface area contributed by atoms with Crippen LogP contribution in [0.5, 0.6) is 0 Å². The molecule has 2 fully saturated rings. The van der Waals surface area contributed by atoms with E-state index in [0.717, 1.165) is 38.3 Å². The van der Waals surface area contributed by atoms with Gasteiger partial charge in [-0.15, -0.1) is 12.4 Å². The van der Waals surface area contributed by atoms with E-state index in [2.05, 4.69) is 15.5 Å². The van der Waals surface area contributed by atoms with Crippen LogP contribution in [0.1, 0.15) is 41.4 Å². The number of carbonyl (C=O) groups excluding carboxylic acids is 1. The highest BCUT2D eigenvalue weighted by Gasteiger charge is 2.27. The summed E-state index contributed by atoms with van der Waals surface area (Å²) in [5.41, 5.74) is 1.70. The van der Waals surface area contributed by atoms with Gasteiger partial charge in [-0.3, -0.25) is 9.89 Å². The van der Waals surface area contributed by atoms with Crippen molar-refractivity contribution in [3.05, 3.63) is 17.5 Å². The van der Waals surface area contributed by atoms with Crippen LogP contribution in [0.2, 0.25) is 0 Å². The Kier molecular flexibility index (Phi) is 4.24. The quantitative estimate of drug-likeness (QED) is 0.847. The first-order chi connectivity index (χ1) is 8.34. The van der Waals surface area contributed by atoms with Gasteiger partial charge in [0.25, 0.3) is 5.91 Å². The molecule has 2 N–H and O–H groups in total. The molecule has 1 saturated heterocycles. The number of hydrogen-bond donors (Lipinski definition) is 2. The molecule has 3 rings (SSSR count). The number of nitrogens with one attached hydrogen (secondary N) is 2. The molecule has 1 amide bonds. The van der Waals surface area contributed by atoms with E-state index in [1.807, 2.05) is 11.0 Å². The third-order valence-corrected chi connectivity index (χ3v) is 3.46. The Morgan fingerprint density at radius 3 is 2.94 bits per heavy atom.